The third-order valence-corrected chi connectivity index (χ3v) is 6.67. The molecule has 1 amide bonds. The zero-order chi connectivity index (χ0) is 23.3. The number of hydrogen-bond donors (Lipinski definition) is 2. The molecule has 0 atom stereocenters. The van der Waals surface area contributed by atoms with Gasteiger partial charge in [-0.1, -0.05) is 92.4 Å². The predicted molar refractivity (Wildman–Crippen MR) is 135 cm³/mol. The number of anilines is 1. The van der Waals surface area contributed by atoms with Crippen LogP contribution in [0.15, 0.2) is 72.9 Å². The molecular weight excluding hydrogens is 422 g/mol. The lowest BCUT2D eigenvalue weighted by Gasteiger charge is -2.15. The Morgan fingerprint density at radius 3 is 2.44 bits per heavy atom. The number of rotatable bonds is 7. The Morgan fingerprint density at radius 2 is 1.68 bits per heavy atom. The monoisotopic (exact) mass is 451 g/mol. The topological polar surface area (TPSA) is 75.1 Å². The van der Waals surface area contributed by atoms with Crippen LogP contribution >= 0.6 is 0 Å². The summed E-state index contributed by atoms with van der Waals surface area (Å²) < 4.78 is 0. The number of fused-ring (bicyclic) bond motifs is 1. The average molecular weight is 452 g/mol. The quantitative estimate of drug-likeness (QED) is 0.378. The largest absolute Gasteiger partial charge is 0.392 e. The van der Waals surface area contributed by atoms with Gasteiger partial charge in [-0.3, -0.25) is 4.79 Å². The van der Waals surface area contributed by atoms with Crippen LogP contribution in [0.25, 0.3) is 22.0 Å². The molecule has 5 heteroatoms. The van der Waals surface area contributed by atoms with Crippen LogP contribution in [0.1, 0.15) is 42.5 Å². The molecule has 1 aliphatic rings. The van der Waals surface area contributed by atoms with E-state index in [1.165, 1.54) is 31.1 Å². The first-order chi connectivity index (χ1) is 16.7. The van der Waals surface area contributed by atoms with Gasteiger partial charge in [0.25, 0.3) is 0 Å². The smallest absolute Gasteiger partial charge is 0.229 e. The summed E-state index contributed by atoms with van der Waals surface area (Å²) in [7, 11) is 0. The van der Waals surface area contributed by atoms with Crippen molar-refractivity contribution in [2.24, 2.45) is 5.92 Å². The number of nitrogens with one attached hydrogen (secondary N) is 1. The van der Waals surface area contributed by atoms with E-state index >= 15 is 0 Å². The molecule has 0 bridgehead atoms. The minimum absolute atomic E-state index is 0.0149. The van der Waals surface area contributed by atoms with E-state index in [1.54, 1.807) is 6.20 Å². The zero-order valence-corrected chi connectivity index (χ0v) is 19.2. The van der Waals surface area contributed by atoms with E-state index in [9.17, 15) is 9.90 Å². The summed E-state index contributed by atoms with van der Waals surface area (Å²) in [4.78, 5) is 22.5. The highest BCUT2D eigenvalue weighted by Crippen LogP contribution is 2.30. The number of benzene rings is 3. The van der Waals surface area contributed by atoms with E-state index in [0.717, 1.165) is 39.9 Å². The van der Waals surface area contributed by atoms with E-state index in [4.69, 9.17) is 4.98 Å². The molecule has 0 saturated heterocycles. The first-order valence-electron chi connectivity index (χ1n) is 12.0. The number of aliphatic hydroxyl groups is 1. The number of aliphatic hydroxyl groups excluding tert-OH is 1. The second-order valence-electron chi connectivity index (χ2n) is 9.17. The summed E-state index contributed by atoms with van der Waals surface area (Å²) in [6.07, 6.45) is 7.73. The summed E-state index contributed by atoms with van der Waals surface area (Å²) >= 11 is 0. The lowest BCUT2D eigenvalue weighted by molar-refractivity contribution is -0.115. The van der Waals surface area contributed by atoms with Crippen molar-refractivity contribution < 1.29 is 9.90 Å². The second kappa shape index (κ2) is 10.1. The molecular formula is C29H29N3O2. The molecule has 1 aromatic heterocycles. The van der Waals surface area contributed by atoms with Crippen LogP contribution in [-0.2, 0) is 24.2 Å². The predicted octanol–water partition coefficient (Wildman–Crippen LogP) is 5.70. The van der Waals surface area contributed by atoms with Gasteiger partial charge >= 0.3 is 0 Å². The van der Waals surface area contributed by atoms with E-state index in [2.05, 4.69) is 34.6 Å². The Hall–Kier alpha value is -3.57. The lowest BCUT2D eigenvalue weighted by Crippen LogP contribution is -2.18. The van der Waals surface area contributed by atoms with Crippen LogP contribution in [-0.4, -0.2) is 21.0 Å². The van der Waals surface area contributed by atoms with Crippen LogP contribution in [0.2, 0.25) is 0 Å². The van der Waals surface area contributed by atoms with E-state index < -0.39 is 0 Å². The van der Waals surface area contributed by atoms with Gasteiger partial charge in [0.05, 0.1) is 30.6 Å². The van der Waals surface area contributed by atoms with Crippen molar-refractivity contribution in [1.82, 2.24) is 9.97 Å². The third kappa shape index (κ3) is 5.15. The Morgan fingerprint density at radius 1 is 0.941 bits per heavy atom. The van der Waals surface area contributed by atoms with Crippen molar-refractivity contribution in [1.29, 1.82) is 0 Å². The Kier molecular flexibility index (Phi) is 6.63. The molecule has 1 aliphatic carbocycles. The zero-order valence-electron chi connectivity index (χ0n) is 19.2. The van der Waals surface area contributed by atoms with Crippen molar-refractivity contribution in [2.75, 3.05) is 5.32 Å². The molecule has 0 unspecified atom stereocenters. The highest BCUT2D eigenvalue weighted by molar-refractivity contribution is 5.93. The fraction of sp³-hybridized carbons (Fsp3) is 0.276. The maximum Gasteiger partial charge on any atom is 0.229 e. The van der Waals surface area contributed by atoms with E-state index in [1.807, 2.05) is 42.5 Å². The maximum atomic E-state index is 12.9. The van der Waals surface area contributed by atoms with Gasteiger partial charge in [0.1, 0.15) is 0 Å². The molecule has 3 aromatic carbocycles. The maximum absolute atomic E-state index is 12.9. The molecule has 4 aromatic rings. The Balaban J connectivity index is 1.37. The summed E-state index contributed by atoms with van der Waals surface area (Å²) in [6.45, 7) is 0.0149. The highest BCUT2D eigenvalue weighted by Gasteiger charge is 2.20. The third-order valence-electron chi connectivity index (χ3n) is 6.67. The van der Waals surface area contributed by atoms with Gasteiger partial charge in [-0.2, -0.15) is 0 Å². The number of amides is 1. The van der Waals surface area contributed by atoms with Gasteiger partial charge in [-0.05, 0) is 34.2 Å². The number of aromatic nitrogens is 2. The summed E-state index contributed by atoms with van der Waals surface area (Å²) in [6, 6.07) is 22.0. The molecule has 0 radical (unpaired) electrons. The molecule has 1 heterocycles. The Bertz CT molecular complexity index is 1290. The molecule has 1 saturated carbocycles. The fourth-order valence-electron chi connectivity index (χ4n) is 4.79. The van der Waals surface area contributed by atoms with Crippen LogP contribution in [0, 0.1) is 5.92 Å². The molecule has 0 spiro atoms. The normalized spacial score (nSPS) is 13.9. The van der Waals surface area contributed by atoms with Crippen molar-refractivity contribution in [2.45, 2.75) is 45.1 Å². The van der Waals surface area contributed by atoms with Gasteiger partial charge in [-0.15, -0.1) is 0 Å². The molecule has 5 rings (SSSR count). The van der Waals surface area contributed by atoms with Crippen LogP contribution in [0.4, 0.5) is 5.82 Å². The first kappa shape index (κ1) is 22.2. The minimum Gasteiger partial charge on any atom is -0.392 e. The van der Waals surface area contributed by atoms with Crippen LogP contribution in [0.5, 0.6) is 0 Å². The number of nitrogens with zero attached hydrogens (tertiary/aromatic N) is 2. The fourth-order valence-corrected chi connectivity index (χ4v) is 4.79. The number of carbonyl (C=O) groups is 1. The number of hydrogen-bond acceptors (Lipinski definition) is 4. The molecule has 2 N–H and O–H groups in total. The van der Waals surface area contributed by atoms with Crippen LogP contribution in [0.3, 0.4) is 0 Å². The van der Waals surface area contributed by atoms with Gasteiger partial charge in [0, 0.05) is 5.56 Å². The first-order valence-corrected chi connectivity index (χ1v) is 12.0. The summed E-state index contributed by atoms with van der Waals surface area (Å²) in [5.74, 6) is 1.06. The van der Waals surface area contributed by atoms with Crippen molar-refractivity contribution in [3.8, 4) is 11.3 Å². The molecule has 1 fully saturated rings. The molecule has 34 heavy (non-hydrogen) atoms. The van der Waals surface area contributed by atoms with Crippen molar-refractivity contribution in [3.05, 3.63) is 89.7 Å². The summed E-state index contributed by atoms with van der Waals surface area (Å²) in [5, 5.41) is 14.6. The van der Waals surface area contributed by atoms with E-state index in [-0.39, 0.29) is 12.5 Å². The van der Waals surface area contributed by atoms with Gasteiger partial charge < -0.3 is 10.4 Å². The van der Waals surface area contributed by atoms with Gasteiger partial charge in [0.15, 0.2) is 5.82 Å². The second-order valence-corrected chi connectivity index (χ2v) is 9.17. The van der Waals surface area contributed by atoms with Crippen LogP contribution < -0.4 is 5.32 Å². The standard InChI is InChI=1S/C29H29N3O2/c33-19-21-9-13-24(14-10-21)27-18-30-29(26(31-27)16-20-5-1-2-6-20)32-28(34)17-22-11-12-23-7-3-4-8-25(23)15-22/h3-4,7-15,18,20,33H,1-2,5-6,16-17,19H2,(H,30,32,34). The molecule has 0 aliphatic heterocycles. The Labute approximate surface area is 199 Å². The van der Waals surface area contributed by atoms with Gasteiger partial charge in [0.2, 0.25) is 5.91 Å². The molecule has 5 nitrogen and oxygen atoms in total. The van der Waals surface area contributed by atoms with E-state index in [0.29, 0.717) is 18.2 Å². The SMILES string of the molecule is O=C(Cc1ccc2ccccc2c1)Nc1ncc(-c2ccc(CO)cc2)nc1CC1CCCC1. The highest BCUT2D eigenvalue weighted by atomic mass is 16.3. The average Bonchev–Trinajstić information content (AvgIpc) is 3.38. The van der Waals surface area contributed by atoms with Gasteiger partial charge in [-0.25, -0.2) is 9.97 Å². The summed E-state index contributed by atoms with van der Waals surface area (Å²) in [5.41, 5.74) is 4.42. The minimum atomic E-state index is -0.0858. The lowest BCUT2D eigenvalue weighted by atomic mass is 10.0. The van der Waals surface area contributed by atoms with Crippen molar-refractivity contribution in [3.63, 3.8) is 0 Å². The molecule has 172 valence electrons. The van der Waals surface area contributed by atoms with Crippen molar-refractivity contribution >= 4 is 22.5 Å². The number of carbonyl (C=O) groups excluding carboxylic acids is 1.